The molecule has 6 heteroatoms. The number of carboxylic acids is 1. The highest BCUT2D eigenvalue weighted by atomic mass is 16.5. The van der Waals surface area contributed by atoms with Crippen molar-refractivity contribution in [2.75, 3.05) is 19.7 Å². The Morgan fingerprint density at radius 2 is 1.97 bits per heavy atom. The lowest BCUT2D eigenvalue weighted by atomic mass is 9.88. The number of nitrogens with zero attached hydrogens (tertiary/aromatic N) is 2. The van der Waals surface area contributed by atoms with Crippen LogP contribution in [-0.2, 0) is 23.1 Å². The van der Waals surface area contributed by atoms with E-state index in [0.717, 1.165) is 48.0 Å². The van der Waals surface area contributed by atoms with Crippen LogP contribution in [0.2, 0.25) is 0 Å². The third kappa shape index (κ3) is 5.67. The molecular formula is C25H36N2O4. The average molecular weight is 429 g/mol. The zero-order valence-electron chi connectivity index (χ0n) is 19.9. The second-order valence-corrected chi connectivity index (χ2v) is 10.8. The van der Waals surface area contributed by atoms with E-state index in [9.17, 15) is 9.90 Å². The van der Waals surface area contributed by atoms with Crippen LogP contribution in [0.25, 0.3) is 0 Å². The van der Waals surface area contributed by atoms with Crippen molar-refractivity contribution < 1.29 is 19.1 Å². The fraction of sp³-hybridized carbons (Fsp3) is 0.600. The van der Waals surface area contributed by atoms with Crippen LogP contribution in [0.4, 0.5) is 0 Å². The van der Waals surface area contributed by atoms with E-state index < -0.39 is 12.0 Å². The number of aryl methyl sites for hydroxylation is 1. The molecule has 0 saturated carbocycles. The Labute approximate surface area is 185 Å². The molecule has 1 unspecified atom stereocenters. The molecule has 3 rings (SSSR count). The van der Waals surface area contributed by atoms with Gasteiger partial charge >= 0.3 is 5.97 Å². The van der Waals surface area contributed by atoms with Crippen molar-refractivity contribution in [3.63, 3.8) is 0 Å². The summed E-state index contributed by atoms with van der Waals surface area (Å²) in [5.74, 6) is 1.44. The van der Waals surface area contributed by atoms with E-state index in [1.807, 2.05) is 25.1 Å². The largest absolute Gasteiger partial charge is 0.493 e. The topological polar surface area (TPSA) is 75.8 Å². The van der Waals surface area contributed by atoms with Crippen molar-refractivity contribution in [1.29, 1.82) is 0 Å². The number of ether oxygens (including phenoxy) is 1. The van der Waals surface area contributed by atoms with E-state index in [1.54, 1.807) is 0 Å². The lowest BCUT2D eigenvalue weighted by Gasteiger charge is -2.38. The molecule has 2 heterocycles. The third-order valence-electron chi connectivity index (χ3n) is 5.50. The van der Waals surface area contributed by atoms with Gasteiger partial charge in [0, 0.05) is 24.9 Å². The van der Waals surface area contributed by atoms with Crippen molar-refractivity contribution in [3.8, 4) is 5.75 Å². The van der Waals surface area contributed by atoms with Crippen molar-refractivity contribution in [1.82, 2.24) is 9.88 Å². The first-order chi connectivity index (χ1) is 14.3. The Bertz CT molecular complexity index is 934. The first-order valence-corrected chi connectivity index (χ1v) is 11.0. The number of hydrogen-bond acceptors (Lipinski definition) is 5. The molecule has 0 fully saturated rings. The predicted octanol–water partition coefficient (Wildman–Crippen LogP) is 4.93. The standard InChI is InChI=1S/C25H36N2O4/c1-16-20(26-23(31-16)25(5,6)7)11-13-30-18-9-8-17-10-12-27(15-24(2,3)4)21(22(28)29)19(17)14-18/h8-9,14,21H,10-13,15H2,1-7H3,(H,28,29). The molecule has 170 valence electrons. The molecular weight excluding hydrogens is 392 g/mol. The monoisotopic (exact) mass is 428 g/mol. The molecule has 2 aromatic rings. The second kappa shape index (κ2) is 8.65. The van der Waals surface area contributed by atoms with Crippen LogP contribution in [0.1, 0.15) is 76.1 Å². The number of rotatable bonds is 6. The Morgan fingerprint density at radius 3 is 2.55 bits per heavy atom. The summed E-state index contributed by atoms with van der Waals surface area (Å²) >= 11 is 0. The summed E-state index contributed by atoms with van der Waals surface area (Å²) in [7, 11) is 0. The molecule has 31 heavy (non-hydrogen) atoms. The summed E-state index contributed by atoms with van der Waals surface area (Å²) in [6, 6.07) is 5.21. The molecule has 0 amide bonds. The molecule has 0 bridgehead atoms. The SMILES string of the molecule is Cc1oc(C(C)(C)C)nc1CCOc1ccc2c(c1)C(C(=O)O)N(CC(C)(C)C)CC2. The quantitative estimate of drug-likeness (QED) is 0.703. The van der Waals surface area contributed by atoms with E-state index >= 15 is 0 Å². The third-order valence-corrected chi connectivity index (χ3v) is 5.50. The molecule has 0 radical (unpaired) electrons. The summed E-state index contributed by atoms with van der Waals surface area (Å²) in [6.45, 7) is 16.5. The summed E-state index contributed by atoms with van der Waals surface area (Å²) in [5.41, 5.74) is 2.73. The van der Waals surface area contributed by atoms with Gasteiger partial charge in [-0.3, -0.25) is 9.69 Å². The molecule has 1 aliphatic rings. The molecule has 1 aliphatic heterocycles. The van der Waals surface area contributed by atoms with Crippen LogP contribution in [0, 0.1) is 12.3 Å². The van der Waals surface area contributed by atoms with Crippen LogP contribution in [0.5, 0.6) is 5.75 Å². The van der Waals surface area contributed by atoms with Gasteiger partial charge in [0.25, 0.3) is 0 Å². The normalized spacial score (nSPS) is 17.5. The van der Waals surface area contributed by atoms with Crippen LogP contribution in [0.15, 0.2) is 22.6 Å². The zero-order chi connectivity index (χ0) is 23.0. The highest BCUT2D eigenvalue weighted by Crippen LogP contribution is 2.35. The highest BCUT2D eigenvalue weighted by molar-refractivity contribution is 5.77. The molecule has 0 saturated heterocycles. The molecule has 6 nitrogen and oxygen atoms in total. The molecule has 1 aromatic heterocycles. The number of hydrogen-bond donors (Lipinski definition) is 1. The highest BCUT2D eigenvalue weighted by Gasteiger charge is 2.35. The van der Waals surface area contributed by atoms with E-state index in [-0.39, 0.29) is 10.8 Å². The minimum atomic E-state index is -0.810. The smallest absolute Gasteiger partial charge is 0.325 e. The van der Waals surface area contributed by atoms with Gasteiger partial charge in [-0.1, -0.05) is 47.6 Å². The second-order valence-electron chi connectivity index (χ2n) is 10.8. The van der Waals surface area contributed by atoms with E-state index in [0.29, 0.717) is 18.8 Å². The van der Waals surface area contributed by atoms with E-state index in [4.69, 9.17) is 9.15 Å². The summed E-state index contributed by atoms with van der Waals surface area (Å²) in [4.78, 5) is 18.8. The molecule has 0 spiro atoms. The van der Waals surface area contributed by atoms with Crippen molar-refractivity contribution >= 4 is 5.97 Å². The number of benzene rings is 1. The molecule has 1 atom stereocenters. The Balaban J connectivity index is 1.73. The Morgan fingerprint density at radius 1 is 1.26 bits per heavy atom. The number of carboxylic acid groups (broad SMARTS) is 1. The number of fused-ring (bicyclic) bond motifs is 1. The Hall–Kier alpha value is -2.34. The average Bonchev–Trinajstić information content (AvgIpc) is 3.01. The lowest BCUT2D eigenvalue weighted by molar-refractivity contribution is -0.144. The predicted molar refractivity (Wildman–Crippen MR) is 121 cm³/mol. The maximum atomic E-state index is 12.1. The van der Waals surface area contributed by atoms with Gasteiger partial charge in [-0.25, -0.2) is 4.98 Å². The van der Waals surface area contributed by atoms with Gasteiger partial charge in [-0.15, -0.1) is 0 Å². The minimum Gasteiger partial charge on any atom is -0.493 e. The van der Waals surface area contributed by atoms with Gasteiger partial charge in [0.2, 0.25) is 0 Å². The van der Waals surface area contributed by atoms with E-state index in [2.05, 4.69) is 51.4 Å². The summed E-state index contributed by atoms with van der Waals surface area (Å²) < 4.78 is 11.8. The van der Waals surface area contributed by atoms with E-state index in [1.165, 1.54) is 0 Å². The first-order valence-electron chi connectivity index (χ1n) is 11.0. The molecule has 0 aliphatic carbocycles. The van der Waals surface area contributed by atoms with Crippen LogP contribution >= 0.6 is 0 Å². The van der Waals surface area contributed by atoms with Gasteiger partial charge in [-0.2, -0.15) is 0 Å². The zero-order valence-corrected chi connectivity index (χ0v) is 19.9. The van der Waals surface area contributed by atoms with Crippen molar-refractivity contribution in [3.05, 3.63) is 46.7 Å². The Kier molecular flexibility index (Phi) is 6.51. The number of carbonyl (C=O) groups is 1. The van der Waals surface area contributed by atoms with Gasteiger partial charge in [-0.05, 0) is 42.0 Å². The number of aromatic nitrogens is 1. The van der Waals surface area contributed by atoms with Crippen LogP contribution in [0.3, 0.4) is 0 Å². The fourth-order valence-corrected chi connectivity index (χ4v) is 4.05. The van der Waals surface area contributed by atoms with Gasteiger partial charge in [0.15, 0.2) is 5.89 Å². The maximum absolute atomic E-state index is 12.1. The summed E-state index contributed by atoms with van der Waals surface area (Å²) in [5, 5.41) is 9.97. The summed E-state index contributed by atoms with van der Waals surface area (Å²) in [6.07, 6.45) is 1.49. The maximum Gasteiger partial charge on any atom is 0.325 e. The van der Waals surface area contributed by atoms with Crippen molar-refractivity contribution in [2.45, 2.75) is 72.8 Å². The van der Waals surface area contributed by atoms with Crippen LogP contribution in [-0.4, -0.2) is 40.7 Å². The molecule has 1 aromatic carbocycles. The fourth-order valence-electron chi connectivity index (χ4n) is 4.05. The number of aliphatic carboxylic acids is 1. The lowest BCUT2D eigenvalue weighted by Crippen LogP contribution is -2.43. The number of oxazole rings is 1. The van der Waals surface area contributed by atoms with Gasteiger partial charge in [0.05, 0.1) is 12.3 Å². The van der Waals surface area contributed by atoms with Gasteiger partial charge < -0.3 is 14.3 Å². The first kappa shape index (κ1) is 23.3. The van der Waals surface area contributed by atoms with Gasteiger partial charge in [0.1, 0.15) is 17.6 Å². The molecule has 1 N–H and O–H groups in total. The minimum absolute atomic E-state index is 0.0284. The van der Waals surface area contributed by atoms with Crippen molar-refractivity contribution in [2.24, 2.45) is 5.41 Å². The van der Waals surface area contributed by atoms with Crippen LogP contribution < -0.4 is 4.74 Å².